The standard InChI is InChI=1S/C14H14N2O4S/c17-12-9-3-1-2-4-10(9)14(7-15-8-14)16(12)13(18)11-5-6-21(11,19)20/h1-4,11,15H,5-8H2. The normalized spacial score (nSPS) is 27.9. The van der Waals surface area contributed by atoms with E-state index in [1.165, 1.54) is 4.90 Å². The summed E-state index contributed by atoms with van der Waals surface area (Å²) >= 11 is 0. The van der Waals surface area contributed by atoms with Crippen LogP contribution < -0.4 is 5.32 Å². The van der Waals surface area contributed by atoms with Crippen molar-refractivity contribution in [3.8, 4) is 0 Å². The topological polar surface area (TPSA) is 83.6 Å². The van der Waals surface area contributed by atoms with Crippen LogP contribution in [-0.2, 0) is 20.2 Å². The van der Waals surface area contributed by atoms with E-state index in [-0.39, 0.29) is 11.7 Å². The maximum Gasteiger partial charge on any atom is 0.261 e. The number of rotatable bonds is 1. The number of imide groups is 1. The quantitative estimate of drug-likeness (QED) is 0.717. The van der Waals surface area contributed by atoms with Crippen molar-refractivity contribution >= 4 is 21.7 Å². The number of nitrogens with one attached hydrogen (secondary N) is 1. The molecule has 110 valence electrons. The van der Waals surface area contributed by atoms with E-state index in [0.29, 0.717) is 25.1 Å². The molecule has 2 fully saturated rings. The molecule has 4 rings (SSSR count). The third-order valence-electron chi connectivity index (χ3n) is 4.72. The Hall–Kier alpha value is -1.73. The van der Waals surface area contributed by atoms with Gasteiger partial charge in [-0.2, -0.15) is 0 Å². The molecule has 3 heterocycles. The summed E-state index contributed by atoms with van der Waals surface area (Å²) in [4.78, 5) is 26.4. The zero-order valence-electron chi connectivity index (χ0n) is 11.2. The second-order valence-electron chi connectivity index (χ2n) is 5.80. The molecule has 1 spiro atoms. The summed E-state index contributed by atoms with van der Waals surface area (Å²) in [6.45, 7) is 0.961. The lowest BCUT2D eigenvalue weighted by Gasteiger charge is -2.47. The molecule has 1 N–H and O–H groups in total. The van der Waals surface area contributed by atoms with Gasteiger partial charge in [-0.1, -0.05) is 18.2 Å². The van der Waals surface area contributed by atoms with Gasteiger partial charge in [0.15, 0.2) is 9.84 Å². The van der Waals surface area contributed by atoms with Crippen molar-refractivity contribution in [1.29, 1.82) is 0 Å². The van der Waals surface area contributed by atoms with Gasteiger partial charge in [0, 0.05) is 18.7 Å². The third-order valence-corrected chi connectivity index (χ3v) is 6.83. The molecule has 1 aromatic rings. The second kappa shape index (κ2) is 3.92. The molecule has 21 heavy (non-hydrogen) atoms. The highest BCUT2D eigenvalue weighted by Crippen LogP contribution is 2.43. The maximum absolute atomic E-state index is 12.6. The molecule has 0 saturated carbocycles. The van der Waals surface area contributed by atoms with Gasteiger partial charge < -0.3 is 5.32 Å². The van der Waals surface area contributed by atoms with E-state index >= 15 is 0 Å². The van der Waals surface area contributed by atoms with Crippen molar-refractivity contribution in [1.82, 2.24) is 10.2 Å². The number of hydrogen-bond acceptors (Lipinski definition) is 5. The monoisotopic (exact) mass is 306 g/mol. The van der Waals surface area contributed by atoms with Crippen molar-refractivity contribution in [3.63, 3.8) is 0 Å². The first kappa shape index (κ1) is 13.0. The molecule has 0 radical (unpaired) electrons. The van der Waals surface area contributed by atoms with Crippen molar-refractivity contribution in [2.45, 2.75) is 17.2 Å². The highest BCUT2D eigenvalue weighted by molar-refractivity contribution is 7.94. The van der Waals surface area contributed by atoms with Gasteiger partial charge in [-0.15, -0.1) is 0 Å². The molecule has 6 nitrogen and oxygen atoms in total. The van der Waals surface area contributed by atoms with E-state index in [1.807, 2.05) is 12.1 Å². The molecule has 3 aliphatic heterocycles. The van der Waals surface area contributed by atoms with E-state index in [2.05, 4.69) is 5.32 Å². The van der Waals surface area contributed by atoms with Gasteiger partial charge in [-0.3, -0.25) is 14.5 Å². The highest BCUT2D eigenvalue weighted by atomic mass is 32.2. The van der Waals surface area contributed by atoms with Gasteiger partial charge in [0.2, 0.25) is 5.91 Å². The fourth-order valence-electron chi connectivity index (χ4n) is 3.38. The van der Waals surface area contributed by atoms with Gasteiger partial charge in [-0.25, -0.2) is 8.42 Å². The smallest absolute Gasteiger partial charge is 0.261 e. The van der Waals surface area contributed by atoms with Gasteiger partial charge in [0.25, 0.3) is 5.91 Å². The number of sulfone groups is 1. The van der Waals surface area contributed by atoms with Crippen LogP contribution in [0.3, 0.4) is 0 Å². The Morgan fingerprint density at radius 1 is 1.29 bits per heavy atom. The minimum absolute atomic E-state index is 0.0314. The molecule has 1 atom stereocenters. The molecule has 0 aromatic heterocycles. The molecule has 1 unspecified atom stereocenters. The molecule has 3 aliphatic rings. The average molecular weight is 306 g/mol. The predicted octanol–water partition coefficient (Wildman–Crippen LogP) is -0.345. The molecule has 7 heteroatoms. The van der Waals surface area contributed by atoms with Crippen LogP contribution in [-0.4, -0.2) is 49.2 Å². The maximum atomic E-state index is 12.6. The Morgan fingerprint density at radius 2 is 2.00 bits per heavy atom. The Morgan fingerprint density at radius 3 is 2.52 bits per heavy atom. The summed E-state index contributed by atoms with van der Waals surface area (Å²) in [6, 6.07) is 7.13. The summed E-state index contributed by atoms with van der Waals surface area (Å²) in [5.74, 6) is -0.910. The molecular weight excluding hydrogens is 292 g/mol. The lowest BCUT2D eigenvalue weighted by molar-refractivity contribution is -0.135. The first-order valence-corrected chi connectivity index (χ1v) is 8.59. The number of carbonyl (C=O) groups is 2. The summed E-state index contributed by atoms with van der Waals surface area (Å²) in [5.41, 5.74) is 0.624. The minimum atomic E-state index is -3.37. The average Bonchev–Trinajstić information content (AvgIpc) is 2.67. The first-order chi connectivity index (χ1) is 9.97. The predicted molar refractivity (Wildman–Crippen MR) is 74.4 cm³/mol. The van der Waals surface area contributed by atoms with Crippen molar-refractivity contribution in [2.24, 2.45) is 0 Å². The Kier molecular flexibility index (Phi) is 2.42. The number of nitrogens with zero attached hydrogens (tertiary/aromatic N) is 1. The lowest BCUT2D eigenvalue weighted by Crippen LogP contribution is -2.68. The molecular formula is C14H14N2O4S. The second-order valence-corrected chi connectivity index (χ2v) is 8.11. The van der Waals surface area contributed by atoms with Crippen LogP contribution in [0.2, 0.25) is 0 Å². The van der Waals surface area contributed by atoms with Gasteiger partial charge in [0.05, 0.1) is 5.75 Å². The van der Waals surface area contributed by atoms with Crippen molar-refractivity contribution in [3.05, 3.63) is 35.4 Å². The van der Waals surface area contributed by atoms with Crippen LogP contribution in [0, 0.1) is 0 Å². The Labute approximate surface area is 122 Å². The van der Waals surface area contributed by atoms with E-state index in [9.17, 15) is 18.0 Å². The zero-order valence-corrected chi connectivity index (χ0v) is 12.0. The Balaban J connectivity index is 1.80. The third kappa shape index (κ3) is 1.47. The number of carbonyl (C=O) groups excluding carboxylic acids is 2. The lowest BCUT2D eigenvalue weighted by atomic mass is 9.84. The molecule has 0 bridgehead atoms. The molecule has 0 aliphatic carbocycles. The van der Waals surface area contributed by atoms with Crippen molar-refractivity contribution < 1.29 is 18.0 Å². The van der Waals surface area contributed by atoms with Gasteiger partial charge >= 0.3 is 0 Å². The van der Waals surface area contributed by atoms with Crippen LogP contribution in [0.1, 0.15) is 22.3 Å². The summed E-state index contributed by atoms with van der Waals surface area (Å²) in [7, 11) is -3.37. The fourth-order valence-corrected chi connectivity index (χ4v) is 4.65. The van der Waals surface area contributed by atoms with E-state index in [0.717, 1.165) is 5.56 Å². The van der Waals surface area contributed by atoms with Crippen LogP contribution in [0.25, 0.3) is 0 Å². The van der Waals surface area contributed by atoms with E-state index < -0.39 is 26.5 Å². The summed E-state index contributed by atoms with van der Waals surface area (Å²) < 4.78 is 23.5. The highest BCUT2D eigenvalue weighted by Gasteiger charge is 2.59. The number of amides is 2. The van der Waals surface area contributed by atoms with E-state index in [1.54, 1.807) is 12.1 Å². The fraction of sp³-hybridized carbons (Fsp3) is 0.429. The number of benzene rings is 1. The number of hydrogen-bond donors (Lipinski definition) is 1. The minimum Gasteiger partial charge on any atom is -0.311 e. The molecule has 2 saturated heterocycles. The summed E-state index contributed by atoms with van der Waals surface area (Å²) in [5, 5.41) is 2.04. The van der Waals surface area contributed by atoms with Crippen LogP contribution in [0.5, 0.6) is 0 Å². The first-order valence-electron chi connectivity index (χ1n) is 6.88. The van der Waals surface area contributed by atoms with E-state index in [4.69, 9.17) is 0 Å². The van der Waals surface area contributed by atoms with Crippen molar-refractivity contribution in [2.75, 3.05) is 18.8 Å². The SMILES string of the molecule is O=C1c2ccccc2C2(CNC2)N1C(=O)C1CCS1(=O)=O. The summed E-state index contributed by atoms with van der Waals surface area (Å²) in [6.07, 6.45) is 0.310. The van der Waals surface area contributed by atoms with Gasteiger partial charge in [-0.05, 0) is 18.1 Å². The van der Waals surface area contributed by atoms with Crippen LogP contribution in [0.15, 0.2) is 24.3 Å². The van der Waals surface area contributed by atoms with Gasteiger partial charge in [0.1, 0.15) is 10.8 Å². The van der Waals surface area contributed by atoms with Crippen LogP contribution in [0.4, 0.5) is 0 Å². The molecule has 2 amide bonds. The number of fused-ring (bicyclic) bond motifs is 2. The van der Waals surface area contributed by atoms with Crippen LogP contribution >= 0.6 is 0 Å². The zero-order chi connectivity index (χ0) is 14.8. The largest absolute Gasteiger partial charge is 0.311 e. The Bertz CT molecular complexity index is 767. The molecule has 1 aromatic carbocycles.